The highest BCUT2D eigenvalue weighted by Gasteiger charge is 2.54. The lowest BCUT2D eigenvalue weighted by Gasteiger charge is -2.49. The molecule has 0 aromatic carbocycles. The minimum absolute atomic E-state index is 0.184. The molecular weight excluding hydrogens is 300 g/mol. The van der Waals surface area contributed by atoms with Gasteiger partial charge in [-0.15, -0.1) is 0 Å². The lowest BCUT2D eigenvalue weighted by atomic mass is 9.68. The van der Waals surface area contributed by atoms with Crippen molar-refractivity contribution in [2.24, 2.45) is 5.41 Å². The van der Waals surface area contributed by atoms with Crippen molar-refractivity contribution in [2.45, 2.75) is 96.9 Å². The van der Waals surface area contributed by atoms with Crippen LogP contribution in [0.1, 0.15) is 90.9 Å². The summed E-state index contributed by atoms with van der Waals surface area (Å²) in [7, 11) is 5.13. The minimum atomic E-state index is -0.978. The second-order valence-corrected chi connectivity index (χ2v) is 7.10. The van der Waals surface area contributed by atoms with Crippen molar-refractivity contribution in [1.29, 1.82) is 0 Å². The third kappa shape index (κ3) is 4.83. The summed E-state index contributed by atoms with van der Waals surface area (Å²) in [6.45, 7) is 4.51. The first kappa shape index (κ1) is 21.7. The molecule has 3 heteroatoms. The SMILES string of the molecule is CCCCCCCCC(CC)(C1=CCCCC1)C(OC)(OC)OC. The van der Waals surface area contributed by atoms with Gasteiger partial charge in [-0.3, -0.25) is 0 Å². The maximum absolute atomic E-state index is 5.86. The summed E-state index contributed by atoms with van der Waals surface area (Å²) in [5.41, 5.74) is 1.30. The van der Waals surface area contributed by atoms with Crippen molar-refractivity contribution >= 4 is 0 Å². The van der Waals surface area contributed by atoms with E-state index in [-0.39, 0.29) is 5.41 Å². The summed E-state index contributed by atoms with van der Waals surface area (Å²) in [5, 5.41) is 0. The Morgan fingerprint density at radius 2 is 1.50 bits per heavy atom. The normalized spacial score (nSPS) is 18.3. The van der Waals surface area contributed by atoms with Crippen LogP contribution in [0, 0.1) is 5.41 Å². The molecule has 1 rings (SSSR count). The average molecular weight is 341 g/mol. The molecule has 0 saturated carbocycles. The molecule has 142 valence electrons. The summed E-state index contributed by atoms with van der Waals surface area (Å²) >= 11 is 0. The lowest BCUT2D eigenvalue weighted by Crippen LogP contribution is -2.54. The number of ether oxygens (including phenoxy) is 3. The molecule has 0 N–H and O–H groups in total. The van der Waals surface area contributed by atoms with Crippen LogP contribution < -0.4 is 0 Å². The Hall–Kier alpha value is -0.380. The van der Waals surface area contributed by atoms with Crippen LogP contribution in [0.3, 0.4) is 0 Å². The standard InChI is InChI=1S/C21H40O3/c1-6-8-9-10-11-15-18-20(7-2,19-16-13-12-14-17-19)21(22-3,23-4)24-5/h16H,6-15,17-18H2,1-5H3. The van der Waals surface area contributed by atoms with Gasteiger partial charge in [0, 0.05) is 21.3 Å². The van der Waals surface area contributed by atoms with Crippen molar-refractivity contribution in [3.05, 3.63) is 11.6 Å². The predicted octanol–water partition coefficient (Wildman–Crippen LogP) is 6.23. The summed E-state index contributed by atoms with van der Waals surface area (Å²) in [6, 6.07) is 0. The highest BCUT2D eigenvalue weighted by atomic mass is 16.9. The summed E-state index contributed by atoms with van der Waals surface area (Å²) < 4.78 is 17.6. The Kier molecular flexibility index (Phi) is 10.2. The Labute approximate surface area is 150 Å². The van der Waals surface area contributed by atoms with Crippen LogP contribution in [-0.4, -0.2) is 27.3 Å². The number of hydrogen-bond acceptors (Lipinski definition) is 3. The number of rotatable bonds is 13. The third-order valence-electron chi connectivity index (χ3n) is 5.86. The van der Waals surface area contributed by atoms with E-state index in [2.05, 4.69) is 19.9 Å². The van der Waals surface area contributed by atoms with Crippen LogP contribution in [0.4, 0.5) is 0 Å². The van der Waals surface area contributed by atoms with Gasteiger partial charge < -0.3 is 14.2 Å². The molecular formula is C21H40O3. The van der Waals surface area contributed by atoms with Gasteiger partial charge in [0.2, 0.25) is 0 Å². The molecule has 0 aliphatic heterocycles. The maximum Gasteiger partial charge on any atom is 0.292 e. The first-order valence-corrected chi connectivity index (χ1v) is 10.0. The zero-order chi connectivity index (χ0) is 17.9. The largest absolute Gasteiger partial charge is 0.330 e. The van der Waals surface area contributed by atoms with Crippen LogP contribution in [-0.2, 0) is 14.2 Å². The van der Waals surface area contributed by atoms with Crippen LogP contribution >= 0.6 is 0 Å². The molecule has 0 fully saturated rings. The monoisotopic (exact) mass is 340 g/mol. The zero-order valence-corrected chi connectivity index (χ0v) is 16.8. The van der Waals surface area contributed by atoms with Gasteiger partial charge >= 0.3 is 0 Å². The van der Waals surface area contributed by atoms with Crippen LogP contribution in [0.25, 0.3) is 0 Å². The quantitative estimate of drug-likeness (QED) is 0.226. The van der Waals surface area contributed by atoms with Gasteiger partial charge in [-0.2, -0.15) is 0 Å². The summed E-state index contributed by atoms with van der Waals surface area (Å²) in [5.74, 6) is -0.978. The van der Waals surface area contributed by atoms with Gasteiger partial charge in [0.25, 0.3) is 5.97 Å². The number of unbranched alkanes of at least 4 members (excludes halogenated alkanes) is 5. The van der Waals surface area contributed by atoms with Gasteiger partial charge in [0.05, 0.1) is 5.41 Å². The second-order valence-electron chi connectivity index (χ2n) is 7.10. The molecule has 0 spiro atoms. The molecule has 1 aliphatic carbocycles. The molecule has 0 saturated heterocycles. The van der Waals surface area contributed by atoms with Crippen LogP contribution in [0.5, 0.6) is 0 Å². The van der Waals surface area contributed by atoms with E-state index in [0.717, 1.165) is 19.3 Å². The van der Waals surface area contributed by atoms with E-state index < -0.39 is 5.97 Å². The van der Waals surface area contributed by atoms with Crippen LogP contribution in [0.2, 0.25) is 0 Å². The topological polar surface area (TPSA) is 27.7 Å². The van der Waals surface area contributed by atoms with Gasteiger partial charge in [-0.05, 0) is 38.5 Å². The van der Waals surface area contributed by atoms with E-state index in [4.69, 9.17) is 14.2 Å². The highest BCUT2D eigenvalue weighted by molar-refractivity contribution is 5.20. The van der Waals surface area contributed by atoms with Crippen molar-refractivity contribution in [3.63, 3.8) is 0 Å². The first-order valence-electron chi connectivity index (χ1n) is 10.0. The Balaban J connectivity index is 2.94. The fourth-order valence-electron chi connectivity index (χ4n) is 4.45. The molecule has 1 atom stereocenters. The van der Waals surface area contributed by atoms with Crippen LogP contribution in [0.15, 0.2) is 11.6 Å². The summed E-state index contributed by atoms with van der Waals surface area (Å²) in [4.78, 5) is 0. The third-order valence-corrected chi connectivity index (χ3v) is 5.86. The average Bonchev–Trinajstić information content (AvgIpc) is 2.65. The van der Waals surface area contributed by atoms with E-state index in [9.17, 15) is 0 Å². The maximum atomic E-state index is 5.86. The Bertz CT molecular complexity index is 352. The second kappa shape index (κ2) is 11.3. The van der Waals surface area contributed by atoms with E-state index in [1.807, 2.05) is 0 Å². The number of methoxy groups -OCH3 is 3. The fraction of sp³-hybridized carbons (Fsp3) is 0.905. The molecule has 0 heterocycles. The fourth-order valence-corrected chi connectivity index (χ4v) is 4.45. The zero-order valence-electron chi connectivity index (χ0n) is 16.8. The van der Waals surface area contributed by atoms with Crippen molar-refractivity contribution in [3.8, 4) is 0 Å². The molecule has 0 amide bonds. The molecule has 1 aliphatic rings. The van der Waals surface area contributed by atoms with Gasteiger partial charge in [-0.1, -0.05) is 64.0 Å². The molecule has 0 aromatic rings. The van der Waals surface area contributed by atoms with E-state index in [1.165, 1.54) is 63.4 Å². The molecule has 3 nitrogen and oxygen atoms in total. The van der Waals surface area contributed by atoms with E-state index >= 15 is 0 Å². The highest BCUT2D eigenvalue weighted by Crippen LogP contribution is 2.51. The van der Waals surface area contributed by atoms with Crippen molar-refractivity contribution < 1.29 is 14.2 Å². The van der Waals surface area contributed by atoms with E-state index in [1.54, 1.807) is 21.3 Å². The molecule has 0 bridgehead atoms. The van der Waals surface area contributed by atoms with Gasteiger partial charge in [-0.25, -0.2) is 0 Å². The Morgan fingerprint density at radius 3 is 2.00 bits per heavy atom. The molecule has 0 radical (unpaired) electrons. The smallest absolute Gasteiger partial charge is 0.292 e. The molecule has 1 unspecified atom stereocenters. The van der Waals surface area contributed by atoms with E-state index in [0.29, 0.717) is 0 Å². The molecule has 24 heavy (non-hydrogen) atoms. The van der Waals surface area contributed by atoms with Crippen molar-refractivity contribution in [2.75, 3.05) is 21.3 Å². The van der Waals surface area contributed by atoms with Gasteiger partial charge in [0.1, 0.15) is 0 Å². The molecule has 0 aromatic heterocycles. The minimum Gasteiger partial charge on any atom is -0.330 e. The van der Waals surface area contributed by atoms with Gasteiger partial charge in [0.15, 0.2) is 0 Å². The lowest BCUT2D eigenvalue weighted by molar-refractivity contribution is -0.401. The number of allylic oxidation sites excluding steroid dienone is 1. The van der Waals surface area contributed by atoms with Crippen molar-refractivity contribution in [1.82, 2.24) is 0 Å². The Morgan fingerprint density at radius 1 is 0.875 bits per heavy atom. The summed E-state index contributed by atoms with van der Waals surface area (Å²) in [6.07, 6.45) is 17.1. The first-order chi connectivity index (χ1) is 11.7. The number of hydrogen-bond donors (Lipinski definition) is 0. The predicted molar refractivity (Wildman–Crippen MR) is 101 cm³/mol.